The van der Waals surface area contributed by atoms with Crippen LogP contribution in [0.5, 0.6) is 0 Å². The van der Waals surface area contributed by atoms with Gasteiger partial charge in [0.05, 0.1) is 11.3 Å². The topological polar surface area (TPSA) is 68.0 Å². The van der Waals surface area contributed by atoms with E-state index >= 15 is 0 Å². The highest BCUT2D eigenvalue weighted by Gasteiger charge is 2.30. The summed E-state index contributed by atoms with van der Waals surface area (Å²) in [5.74, 6) is -0.133. The summed E-state index contributed by atoms with van der Waals surface area (Å²) in [7, 11) is 0. The van der Waals surface area contributed by atoms with Crippen molar-refractivity contribution in [2.24, 2.45) is 0 Å². The molecular formula is C12H11N3O2. The van der Waals surface area contributed by atoms with E-state index in [0.29, 0.717) is 17.6 Å². The van der Waals surface area contributed by atoms with Crippen molar-refractivity contribution in [1.29, 1.82) is 0 Å². The highest BCUT2D eigenvalue weighted by Crippen LogP contribution is 2.40. The molecule has 86 valence electrons. The first-order valence-corrected chi connectivity index (χ1v) is 5.49. The Kier molecular flexibility index (Phi) is 2.18. The molecule has 2 aromatic heterocycles. The number of hydrogen-bond donors (Lipinski definition) is 1. The van der Waals surface area contributed by atoms with Gasteiger partial charge in [-0.3, -0.25) is 4.57 Å². The monoisotopic (exact) mass is 229 g/mol. The van der Waals surface area contributed by atoms with Crippen molar-refractivity contribution in [2.75, 3.05) is 0 Å². The number of carboxylic acids is 1. The smallest absolute Gasteiger partial charge is 0.339 e. The highest BCUT2D eigenvalue weighted by atomic mass is 16.4. The Morgan fingerprint density at radius 1 is 1.35 bits per heavy atom. The fraction of sp³-hybridized carbons (Fsp3) is 0.250. The summed E-state index contributed by atoms with van der Waals surface area (Å²) in [5, 5.41) is 9.08. The number of carbonyl (C=O) groups is 1. The van der Waals surface area contributed by atoms with E-state index in [2.05, 4.69) is 9.97 Å². The number of carboxylic acid groups (broad SMARTS) is 1. The maximum atomic E-state index is 11.1. The van der Waals surface area contributed by atoms with Crippen molar-refractivity contribution in [2.45, 2.75) is 18.8 Å². The third-order valence-electron chi connectivity index (χ3n) is 2.84. The summed E-state index contributed by atoms with van der Waals surface area (Å²) in [6.45, 7) is 0. The minimum atomic E-state index is -0.953. The number of hydrogen-bond acceptors (Lipinski definition) is 3. The number of aromatic carboxylic acids is 1. The van der Waals surface area contributed by atoms with Gasteiger partial charge in [0.25, 0.3) is 0 Å². The minimum absolute atomic E-state index is 0.225. The molecule has 0 spiro atoms. The molecule has 0 aliphatic heterocycles. The Hall–Kier alpha value is -2.17. The fourth-order valence-electron chi connectivity index (χ4n) is 1.81. The molecule has 1 N–H and O–H groups in total. The quantitative estimate of drug-likeness (QED) is 0.872. The second-order valence-electron chi connectivity index (χ2n) is 4.14. The van der Waals surface area contributed by atoms with Crippen LogP contribution in [0.4, 0.5) is 0 Å². The van der Waals surface area contributed by atoms with Gasteiger partial charge in [0.15, 0.2) is 0 Å². The largest absolute Gasteiger partial charge is 0.478 e. The van der Waals surface area contributed by atoms with Crippen LogP contribution in [-0.4, -0.2) is 25.6 Å². The Bertz CT molecular complexity index is 559. The van der Waals surface area contributed by atoms with Crippen LogP contribution >= 0.6 is 0 Å². The van der Waals surface area contributed by atoms with E-state index in [1.165, 1.54) is 6.20 Å². The van der Waals surface area contributed by atoms with Gasteiger partial charge < -0.3 is 5.11 Å². The second kappa shape index (κ2) is 3.69. The zero-order valence-corrected chi connectivity index (χ0v) is 9.08. The predicted octanol–water partition coefficient (Wildman–Crippen LogP) is 1.84. The van der Waals surface area contributed by atoms with Crippen LogP contribution < -0.4 is 0 Å². The molecule has 3 rings (SSSR count). The molecule has 0 atom stereocenters. The van der Waals surface area contributed by atoms with Crippen molar-refractivity contribution in [1.82, 2.24) is 14.5 Å². The predicted molar refractivity (Wildman–Crippen MR) is 60.3 cm³/mol. The molecule has 2 heterocycles. The summed E-state index contributed by atoms with van der Waals surface area (Å²) in [6.07, 6.45) is 7.11. The lowest BCUT2D eigenvalue weighted by Gasteiger charge is -2.06. The second-order valence-corrected chi connectivity index (χ2v) is 4.14. The molecule has 0 saturated heterocycles. The van der Waals surface area contributed by atoms with Gasteiger partial charge in [0, 0.05) is 24.5 Å². The first-order valence-electron chi connectivity index (χ1n) is 5.49. The Labute approximate surface area is 97.8 Å². The van der Waals surface area contributed by atoms with E-state index in [-0.39, 0.29) is 5.56 Å². The van der Waals surface area contributed by atoms with E-state index in [1.54, 1.807) is 4.57 Å². The lowest BCUT2D eigenvalue weighted by atomic mass is 10.1. The molecule has 0 aromatic carbocycles. The van der Waals surface area contributed by atoms with Crippen molar-refractivity contribution < 1.29 is 9.90 Å². The standard InChI is InChI=1S/C12H11N3O2/c16-11(17)9-7-13-12(15-5-1-2-6-15)14-10(9)8-3-4-8/h1-2,5-8H,3-4H2,(H,16,17). The summed E-state index contributed by atoms with van der Waals surface area (Å²) in [5.41, 5.74) is 0.889. The third kappa shape index (κ3) is 1.80. The van der Waals surface area contributed by atoms with Crippen LogP contribution in [0.25, 0.3) is 5.95 Å². The lowest BCUT2D eigenvalue weighted by Crippen LogP contribution is -2.09. The van der Waals surface area contributed by atoms with Crippen molar-refractivity contribution in [3.63, 3.8) is 0 Å². The molecule has 1 fully saturated rings. The van der Waals surface area contributed by atoms with Gasteiger partial charge in [-0.15, -0.1) is 0 Å². The molecule has 5 nitrogen and oxygen atoms in total. The third-order valence-corrected chi connectivity index (χ3v) is 2.84. The molecule has 1 aliphatic carbocycles. The van der Waals surface area contributed by atoms with Gasteiger partial charge in [-0.1, -0.05) is 0 Å². The highest BCUT2D eigenvalue weighted by molar-refractivity contribution is 5.88. The van der Waals surface area contributed by atoms with Gasteiger partial charge in [-0.2, -0.15) is 0 Å². The SMILES string of the molecule is O=C(O)c1cnc(-n2cccc2)nc1C1CC1. The van der Waals surface area contributed by atoms with E-state index in [1.807, 2.05) is 24.5 Å². The summed E-state index contributed by atoms with van der Waals surface area (Å²) >= 11 is 0. The van der Waals surface area contributed by atoms with Crippen LogP contribution in [-0.2, 0) is 0 Å². The normalized spacial score (nSPS) is 14.8. The molecule has 1 aliphatic rings. The van der Waals surface area contributed by atoms with Crippen molar-refractivity contribution in [3.05, 3.63) is 42.0 Å². The van der Waals surface area contributed by atoms with Crippen molar-refractivity contribution >= 4 is 5.97 Å². The van der Waals surface area contributed by atoms with Crippen LogP contribution in [0.15, 0.2) is 30.7 Å². The first kappa shape index (κ1) is 10.0. The Morgan fingerprint density at radius 2 is 2.06 bits per heavy atom. The molecule has 0 radical (unpaired) electrons. The lowest BCUT2D eigenvalue weighted by molar-refractivity contribution is 0.0694. The molecule has 1 saturated carbocycles. The van der Waals surface area contributed by atoms with Gasteiger partial charge in [-0.05, 0) is 25.0 Å². The van der Waals surface area contributed by atoms with Crippen LogP contribution in [0.3, 0.4) is 0 Å². The van der Waals surface area contributed by atoms with Gasteiger partial charge in [0.1, 0.15) is 0 Å². The fourth-order valence-corrected chi connectivity index (χ4v) is 1.81. The van der Waals surface area contributed by atoms with Gasteiger partial charge >= 0.3 is 5.97 Å². The first-order chi connectivity index (χ1) is 8.25. The molecule has 5 heteroatoms. The van der Waals surface area contributed by atoms with Gasteiger partial charge in [-0.25, -0.2) is 14.8 Å². The molecule has 0 amide bonds. The van der Waals surface area contributed by atoms with Gasteiger partial charge in [0.2, 0.25) is 5.95 Å². The maximum absolute atomic E-state index is 11.1. The molecular weight excluding hydrogens is 218 g/mol. The Balaban J connectivity index is 2.09. The van der Waals surface area contributed by atoms with Crippen LogP contribution in [0.1, 0.15) is 34.8 Å². The number of rotatable bonds is 3. The number of aromatic nitrogens is 3. The number of nitrogens with zero attached hydrogens (tertiary/aromatic N) is 3. The zero-order valence-electron chi connectivity index (χ0n) is 9.08. The van der Waals surface area contributed by atoms with Crippen LogP contribution in [0, 0.1) is 0 Å². The minimum Gasteiger partial charge on any atom is -0.478 e. The maximum Gasteiger partial charge on any atom is 0.339 e. The van der Waals surface area contributed by atoms with Crippen LogP contribution in [0.2, 0.25) is 0 Å². The molecule has 17 heavy (non-hydrogen) atoms. The van der Waals surface area contributed by atoms with Crippen molar-refractivity contribution in [3.8, 4) is 5.95 Å². The molecule has 0 unspecified atom stereocenters. The summed E-state index contributed by atoms with van der Waals surface area (Å²) in [6, 6.07) is 3.76. The average Bonchev–Trinajstić information content (AvgIpc) is 3.03. The van der Waals surface area contributed by atoms with E-state index in [0.717, 1.165) is 12.8 Å². The van der Waals surface area contributed by atoms with E-state index in [9.17, 15) is 4.79 Å². The Morgan fingerprint density at radius 3 is 2.65 bits per heavy atom. The summed E-state index contributed by atoms with van der Waals surface area (Å²) in [4.78, 5) is 19.5. The van der Waals surface area contributed by atoms with E-state index in [4.69, 9.17) is 5.11 Å². The zero-order chi connectivity index (χ0) is 11.8. The summed E-state index contributed by atoms with van der Waals surface area (Å²) < 4.78 is 1.78. The average molecular weight is 229 g/mol. The molecule has 2 aromatic rings. The molecule has 0 bridgehead atoms. The van der Waals surface area contributed by atoms with E-state index < -0.39 is 5.97 Å².